The number of alkyl halides is 2. The van der Waals surface area contributed by atoms with Gasteiger partial charge in [0.25, 0.3) is 5.91 Å². The zero-order valence-corrected chi connectivity index (χ0v) is 10.6. The summed E-state index contributed by atoms with van der Waals surface area (Å²) in [6, 6.07) is 3.72. The van der Waals surface area contributed by atoms with E-state index in [1.807, 2.05) is 0 Å². The molecule has 0 aliphatic heterocycles. The Balaban J connectivity index is 2.60. The topological polar surface area (TPSA) is 90.7 Å². The highest BCUT2D eigenvalue weighted by atomic mass is 19.3. The van der Waals surface area contributed by atoms with Crippen LogP contribution in [0, 0.1) is 0 Å². The van der Waals surface area contributed by atoms with Gasteiger partial charge in [-0.3, -0.25) is 4.79 Å². The van der Waals surface area contributed by atoms with Gasteiger partial charge in [0.15, 0.2) is 6.04 Å². The molecule has 3 N–H and O–H groups in total. The van der Waals surface area contributed by atoms with Crippen molar-refractivity contribution in [2.75, 3.05) is 11.9 Å². The summed E-state index contributed by atoms with van der Waals surface area (Å²) in [7, 11) is 0. The third-order valence-corrected chi connectivity index (χ3v) is 2.17. The Morgan fingerprint density at radius 1 is 1.30 bits per heavy atom. The second-order valence-electron chi connectivity index (χ2n) is 3.62. The molecule has 0 saturated carbocycles. The fraction of sp³-hybridized carbons (Fsp3) is 0.333. The maximum absolute atomic E-state index is 11.9. The lowest BCUT2D eigenvalue weighted by molar-refractivity contribution is -0.146. The summed E-state index contributed by atoms with van der Waals surface area (Å²) in [4.78, 5) is 22.8. The number of nitrogens with two attached hydrogens (primary N) is 1. The molecule has 0 aliphatic rings. The van der Waals surface area contributed by atoms with Gasteiger partial charge in [0, 0.05) is 5.69 Å². The molecule has 0 fully saturated rings. The standard InChI is InChI=1S/C12H14F2N2O4/c1-2-19-11(18)9(15)10(17)16-7-3-5-8(6-4-7)20-12(13)14/h3-6,9,12H,2,15H2,1H3,(H,16,17). The first-order chi connectivity index (χ1) is 9.43. The van der Waals surface area contributed by atoms with Gasteiger partial charge in [-0.05, 0) is 31.2 Å². The molecule has 8 heteroatoms. The fourth-order valence-corrected chi connectivity index (χ4v) is 1.28. The smallest absolute Gasteiger partial charge is 0.387 e. The van der Waals surface area contributed by atoms with E-state index in [1.54, 1.807) is 6.92 Å². The molecule has 1 aromatic rings. The minimum absolute atomic E-state index is 0.0484. The molecule has 0 bridgehead atoms. The largest absolute Gasteiger partial charge is 0.464 e. The first-order valence-electron chi connectivity index (χ1n) is 5.72. The molecule has 0 radical (unpaired) electrons. The second-order valence-corrected chi connectivity index (χ2v) is 3.62. The number of hydrogen-bond donors (Lipinski definition) is 2. The van der Waals surface area contributed by atoms with Crippen molar-refractivity contribution in [2.24, 2.45) is 5.73 Å². The van der Waals surface area contributed by atoms with Crippen LogP contribution < -0.4 is 15.8 Å². The summed E-state index contributed by atoms with van der Waals surface area (Å²) >= 11 is 0. The maximum atomic E-state index is 11.9. The van der Waals surface area contributed by atoms with Crippen molar-refractivity contribution in [1.82, 2.24) is 0 Å². The molecule has 1 unspecified atom stereocenters. The highest BCUT2D eigenvalue weighted by molar-refractivity contribution is 6.08. The van der Waals surface area contributed by atoms with E-state index in [4.69, 9.17) is 5.73 Å². The molecule has 0 aromatic heterocycles. The molecule has 0 spiro atoms. The SMILES string of the molecule is CCOC(=O)C(N)C(=O)Nc1ccc(OC(F)F)cc1. The van der Waals surface area contributed by atoms with Crippen molar-refractivity contribution in [2.45, 2.75) is 19.6 Å². The van der Waals surface area contributed by atoms with Crippen LogP contribution in [0.2, 0.25) is 0 Å². The average Bonchev–Trinajstić information content (AvgIpc) is 2.39. The van der Waals surface area contributed by atoms with Gasteiger partial charge in [0.1, 0.15) is 5.75 Å². The van der Waals surface area contributed by atoms with Gasteiger partial charge < -0.3 is 20.5 Å². The van der Waals surface area contributed by atoms with Crippen LogP contribution in [-0.4, -0.2) is 31.1 Å². The molecule has 1 rings (SSSR count). The lowest BCUT2D eigenvalue weighted by atomic mass is 10.2. The lowest BCUT2D eigenvalue weighted by Crippen LogP contribution is -2.43. The first kappa shape index (κ1) is 15.8. The van der Waals surface area contributed by atoms with E-state index in [1.165, 1.54) is 24.3 Å². The highest BCUT2D eigenvalue weighted by Gasteiger charge is 2.23. The summed E-state index contributed by atoms with van der Waals surface area (Å²) < 4.78 is 32.6. The van der Waals surface area contributed by atoms with Crippen LogP contribution in [0.25, 0.3) is 0 Å². The van der Waals surface area contributed by atoms with Gasteiger partial charge >= 0.3 is 12.6 Å². The van der Waals surface area contributed by atoms with Gasteiger partial charge in [-0.15, -0.1) is 0 Å². The van der Waals surface area contributed by atoms with Gasteiger partial charge in [0.05, 0.1) is 6.61 Å². The van der Waals surface area contributed by atoms with E-state index in [9.17, 15) is 18.4 Å². The van der Waals surface area contributed by atoms with E-state index < -0.39 is 24.5 Å². The number of amides is 1. The summed E-state index contributed by atoms with van der Waals surface area (Å²) in [5.41, 5.74) is 5.67. The van der Waals surface area contributed by atoms with Crippen molar-refractivity contribution in [1.29, 1.82) is 0 Å². The molecule has 6 nitrogen and oxygen atoms in total. The van der Waals surface area contributed by atoms with Crippen LogP contribution in [0.4, 0.5) is 14.5 Å². The van der Waals surface area contributed by atoms with Crippen molar-refractivity contribution >= 4 is 17.6 Å². The predicted octanol–water partition coefficient (Wildman–Crippen LogP) is 1.12. The van der Waals surface area contributed by atoms with Crippen molar-refractivity contribution in [3.05, 3.63) is 24.3 Å². The van der Waals surface area contributed by atoms with Crippen LogP contribution in [0.15, 0.2) is 24.3 Å². The lowest BCUT2D eigenvalue weighted by Gasteiger charge is -2.11. The number of ether oxygens (including phenoxy) is 2. The Kier molecular flexibility index (Phi) is 5.85. The van der Waals surface area contributed by atoms with E-state index in [0.717, 1.165) is 0 Å². The van der Waals surface area contributed by atoms with E-state index >= 15 is 0 Å². The van der Waals surface area contributed by atoms with Crippen LogP contribution in [0.1, 0.15) is 6.92 Å². The van der Waals surface area contributed by atoms with Crippen molar-refractivity contribution < 1.29 is 27.8 Å². The Hall–Kier alpha value is -2.22. The fourth-order valence-electron chi connectivity index (χ4n) is 1.28. The number of halogens is 2. The summed E-state index contributed by atoms with van der Waals surface area (Å²) in [5, 5.41) is 2.35. The highest BCUT2D eigenvalue weighted by Crippen LogP contribution is 2.17. The molecular formula is C12H14F2N2O4. The number of hydrogen-bond acceptors (Lipinski definition) is 5. The van der Waals surface area contributed by atoms with Crippen LogP contribution in [0.3, 0.4) is 0 Å². The quantitative estimate of drug-likeness (QED) is 0.604. The molecule has 0 heterocycles. The first-order valence-corrected chi connectivity index (χ1v) is 5.72. The monoisotopic (exact) mass is 288 g/mol. The van der Waals surface area contributed by atoms with Gasteiger partial charge in [-0.1, -0.05) is 0 Å². The number of nitrogens with one attached hydrogen (secondary N) is 1. The van der Waals surface area contributed by atoms with Gasteiger partial charge in [-0.2, -0.15) is 8.78 Å². The van der Waals surface area contributed by atoms with E-state index in [2.05, 4.69) is 14.8 Å². The van der Waals surface area contributed by atoms with E-state index in [0.29, 0.717) is 0 Å². The average molecular weight is 288 g/mol. The number of benzene rings is 1. The van der Waals surface area contributed by atoms with Crippen LogP contribution in [0.5, 0.6) is 5.75 Å². The normalized spacial score (nSPS) is 11.8. The van der Waals surface area contributed by atoms with Gasteiger partial charge in [0.2, 0.25) is 0 Å². The predicted molar refractivity (Wildman–Crippen MR) is 66.3 cm³/mol. The summed E-state index contributed by atoms with van der Waals surface area (Å²) in [5.74, 6) is -1.65. The van der Waals surface area contributed by atoms with E-state index in [-0.39, 0.29) is 18.0 Å². The summed E-state index contributed by atoms with van der Waals surface area (Å²) in [6.45, 7) is -1.23. The third-order valence-electron chi connectivity index (χ3n) is 2.17. The molecule has 1 atom stereocenters. The molecule has 1 amide bonds. The Bertz CT molecular complexity index is 465. The minimum Gasteiger partial charge on any atom is -0.464 e. The van der Waals surface area contributed by atoms with Gasteiger partial charge in [-0.25, -0.2) is 4.79 Å². The number of esters is 1. The summed E-state index contributed by atoms with van der Waals surface area (Å²) in [6.07, 6.45) is 0. The Morgan fingerprint density at radius 2 is 1.90 bits per heavy atom. The zero-order valence-electron chi connectivity index (χ0n) is 10.6. The number of rotatable bonds is 6. The molecule has 20 heavy (non-hydrogen) atoms. The third kappa shape index (κ3) is 4.81. The van der Waals surface area contributed by atoms with Crippen LogP contribution >= 0.6 is 0 Å². The molecule has 110 valence electrons. The minimum atomic E-state index is -2.92. The number of anilines is 1. The maximum Gasteiger partial charge on any atom is 0.387 e. The molecule has 1 aromatic carbocycles. The number of carbonyl (C=O) groups is 2. The molecule has 0 aliphatic carbocycles. The molecule has 0 saturated heterocycles. The zero-order chi connectivity index (χ0) is 15.1. The van der Waals surface area contributed by atoms with Crippen LogP contribution in [-0.2, 0) is 14.3 Å². The Labute approximate surface area is 113 Å². The Morgan fingerprint density at radius 3 is 2.40 bits per heavy atom. The van der Waals surface area contributed by atoms with Crippen molar-refractivity contribution in [3.63, 3.8) is 0 Å². The van der Waals surface area contributed by atoms with Crippen molar-refractivity contribution in [3.8, 4) is 5.75 Å². The molecular weight excluding hydrogens is 274 g/mol. The number of carbonyl (C=O) groups excluding carboxylic acids is 2. The second kappa shape index (κ2) is 7.39.